The summed E-state index contributed by atoms with van der Waals surface area (Å²) in [6, 6.07) is 19.9. The summed E-state index contributed by atoms with van der Waals surface area (Å²) in [5, 5.41) is 18.5. The molecule has 5 heteroatoms. The summed E-state index contributed by atoms with van der Waals surface area (Å²) in [4.78, 5) is 22.6. The van der Waals surface area contributed by atoms with Crippen molar-refractivity contribution in [3.8, 4) is 23.3 Å². The first kappa shape index (κ1) is 25.2. The number of hydrogen-bond acceptors (Lipinski definition) is 3. The van der Waals surface area contributed by atoms with Crippen molar-refractivity contribution in [2.75, 3.05) is 0 Å². The molecule has 3 aromatic carbocycles. The van der Waals surface area contributed by atoms with E-state index in [1.807, 2.05) is 24.3 Å². The first-order chi connectivity index (χ1) is 18.6. The minimum absolute atomic E-state index is 0.110. The highest BCUT2D eigenvalue weighted by molar-refractivity contribution is 5.94. The van der Waals surface area contributed by atoms with Gasteiger partial charge in [-0.2, -0.15) is 0 Å². The Hall–Kier alpha value is -4.04. The highest BCUT2D eigenvalue weighted by atomic mass is 16.5. The third-order valence-corrected chi connectivity index (χ3v) is 9.71. The first-order valence-corrected chi connectivity index (χ1v) is 13.7. The monoisotopic (exact) mass is 520 g/mol. The summed E-state index contributed by atoms with van der Waals surface area (Å²) >= 11 is 0. The maximum absolute atomic E-state index is 11.3. The van der Waals surface area contributed by atoms with E-state index in [1.165, 1.54) is 49.8 Å². The second kappa shape index (κ2) is 9.31. The van der Waals surface area contributed by atoms with Gasteiger partial charge in [-0.1, -0.05) is 37.8 Å². The van der Waals surface area contributed by atoms with Crippen LogP contribution < -0.4 is 4.74 Å². The van der Waals surface area contributed by atoms with Crippen LogP contribution in [0, 0.1) is 35.0 Å². The van der Waals surface area contributed by atoms with Gasteiger partial charge in [0.25, 0.3) is 0 Å². The molecule has 3 aromatic rings. The second-order valence-electron chi connectivity index (χ2n) is 12.2. The number of carbonyl (C=O) groups is 2. The van der Waals surface area contributed by atoms with E-state index in [4.69, 9.17) is 4.74 Å². The van der Waals surface area contributed by atoms with Crippen LogP contribution in [0.2, 0.25) is 0 Å². The van der Waals surface area contributed by atoms with Crippen LogP contribution in [0.1, 0.15) is 83.4 Å². The molecule has 2 unspecified atom stereocenters. The standard InChI is InChI=1S/C34H32O5/c1-33(2)28-16-23-13-24(17-28)20-34(33,19-23)27-7-11-30(12-8-27)39-29-9-5-21(6-10-29)3-4-22-14-25(31(35)36)18-26(15-22)32(37)38/h5-12,14-15,18,23-24,28H,13,16-17,19-20H2,1-2H3,(H,35,36)(H,37,38). The van der Waals surface area contributed by atoms with Crippen LogP contribution in [0.15, 0.2) is 66.7 Å². The van der Waals surface area contributed by atoms with Gasteiger partial charge in [0.2, 0.25) is 0 Å². The molecule has 0 aromatic heterocycles. The lowest BCUT2D eigenvalue weighted by Gasteiger charge is -2.66. The lowest BCUT2D eigenvalue weighted by molar-refractivity contribution is -0.113. The van der Waals surface area contributed by atoms with Crippen LogP contribution in [-0.4, -0.2) is 22.2 Å². The Morgan fingerprint density at radius 1 is 0.744 bits per heavy atom. The Labute approximate surface area is 228 Å². The lowest BCUT2D eigenvalue weighted by atomic mass is 9.38. The van der Waals surface area contributed by atoms with Crippen LogP contribution in [0.4, 0.5) is 0 Å². The van der Waals surface area contributed by atoms with Crippen LogP contribution in [0.3, 0.4) is 0 Å². The quantitative estimate of drug-likeness (QED) is 0.343. The normalized spacial score (nSPS) is 25.9. The SMILES string of the molecule is CC1(C)C2CC3CC(C2)CC1(c1ccc(Oc2ccc(C#Cc4cc(C(=O)O)cc(C(=O)O)c4)cc2)cc1)C3. The van der Waals surface area contributed by atoms with Crippen LogP contribution >= 0.6 is 0 Å². The van der Waals surface area contributed by atoms with Gasteiger partial charge in [-0.05, 0) is 115 Å². The minimum Gasteiger partial charge on any atom is -0.478 e. The molecule has 2 N–H and O–H groups in total. The Kier molecular flexibility index (Phi) is 6.03. The molecule has 4 aliphatic rings. The van der Waals surface area contributed by atoms with Crippen molar-refractivity contribution < 1.29 is 24.5 Å². The average Bonchev–Trinajstić information content (AvgIpc) is 2.91. The van der Waals surface area contributed by atoms with E-state index >= 15 is 0 Å². The average molecular weight is 521 g/mol. The highest BCUT2D eigenvalue weighted by Crippen LogP contribution is 2.68. The van der Waals surface area contributed by atoms with E-state index in [9.17, 15) is 19.8 Å². The first-order valence-electron chi connectivity index (χ1n) is 13.7. The Morgan fingerprint density at radius 3 is 1.79 bits per heavy atom. The van der Waals surface area contributed by atoms with E-state index in [1.54, 1.807) is 0 Å². The number of benzene rings is 3. The van der Waals surface area contributed by atoms with Crippen LogP contribution in [0.5, 0.6) is 11.5 Å². The van der Waals surface area contributed by atoms with Crippen molar-refractivity contribution in [3.05, 3.63) is 94.5 Å². The highest BCUT2D eigenvalue weighted by Gasteiger charge is 2.61. The van der Waals surface area contributed by atoms with Crippen molar-refractivity contribution in [1.29, 1.82) is 0 Å². The molecule has 7 rings (SSSR count). The third kappa shape index (κ3) is 4.48. The smallest absolute Gasteiger partial charge is 0.335 e. The molecule has 198 valence electrons. The van der Waals surface area contributed by atoms with E-state index in [0.29, 0.717) is 22.3 Å². The predicted octanol–water partition coefficient (Wildman–Crippen LogP) is 7.38. The fraction of sp³-hybridized carbons (Fsp3) is 0.353. The number of aromatic carboxylic acids is 2. The molecular weight excluding hydrogens is 488 g/mol. The van der Waals surface area contributed by atoms with E-state index in [0.717, 1.165) is 29.6 Å². The van der Waals surface area contributed by atoms with Gasteiger partial charge in [-0.25, -0.2) is 9.59 Å². The molecule has 4 bridgehead atoms. The van der Waals surface area contributed by atoms with Gasteiger partial charge in [0, 0.05) is 16.5 Å². The van der Waals surface area contributed by atoms with E-state index in [-0.39, 0.29) is 16.5 Å². The Bertz CT molecular complexity index is 1460. The molecule has 4 fully saturated rings. The molecule has 4 aliphatic carbocycles. The Balaban J connectivity index is 1.17. The fourth-order valence-electron chi connectivity index (χ4n) is 7.76. The predicted molar refractivity (Wildman–Crippen MR) is 148 cm³/mol. The van der Waals surface area contributed by atoms with Gasteiger partial charge in [0.1, 0.15) is 11.5 Å². The Morgan fingerprint density at radius 2 is 1.26 bits per heavy atom. The number of ether oxygens (including phenoxy) is 1. The molecule has 0 radical (unpaired) electrons. The van der Waals surface area contributed by atoms with Gasteiger partial charge in [0.15, 0.2) is 0 Å². The van der Waals surface area contributed by atoms with Crippen molar-refractivity contribution in [2.24, 2.45) is 23.2 Å². The van der Waals surface area contributed by atoms with Crippen LogP contribution in [-0.2, 0) is 5.41 Å². The zero-order chi connectivity index (χ0) is 27.4. The molecule has 4 saturated carbocycles. The van der Waals surface area contributed by atoms with E-state index in [2.05, 4.69) is 50.0 Å². The summed E-state index contributed by atoms with van der Waals surface area (Å²) in [6.07, 6.45) is 6.87. The second-order valence-corrected chi connectivity index (χ2v) is 12.2. The van der Waals surface area contributed by atoms with E-state index < -0.39 is 11.9 Å². The molecule has 0 saturated heterocycles. The van der Waals surface area contributed by atoms with Crippen LogP contribution in [0.25, 0.3) is 0 Å². The van der Waals surface area contributed by atoms with Crippen molar-refractivity contribution in [1.82, 2.24) is 0 Å². The summed E-state index contributed by atoms with van der Waals surface area (Å²) in [7, 11) is 0. The summed E-state index contributed by atoms with van der Waals surface area (Å²) in [6.45, 7) is 5.00. The van der Waals surface area contributed by atoms with Crippen molar-refractivity contribution in [3.63, 3.8) is 0 Å². The molecule has 39 heavy (non-hydrogen) atoms. The zero-order valence-electron chi connectivity index (χ0n) is 22.2. The van der Waals surface area contributed by atoms with Gasteiger partial charge in [-0.3, -0.25) is 0 Å². The molecule has 0 aliphatic heterocycles. The zero-order valence-corrected chi connectivity index (χ0v) is 22.2. The molecular formula is C34H32O5. The van der Waals surface area contributed by atoms with Crippen molar-refractivity contribution >= 4 is 11.9 Å². The molecule has 0 spiro atoms. The molecule has 2 atom stereocenters. The topological polar surface area (TPSA) is 83.8 Å². The van der Waals surface area contributed by atoms with Gasteiger partial charge < -0.3 is 14.9 Å². The van der Waals surface area contributed by atoms with Crippen molar-refractivity contribution in [2.45, 2.75) is 51.4 Å². The molecule has 5 nitrogen and oxygen atoms in total. The fourth-order valence-corrected chi connectivity index (χ4v) is 7.76. The van der Waals surface area contributed by atoms with Gasteiger partial charge >= 0.3 is 11.9 Å². The maximum atomic E-state index is 11.3. The number of hydrogen-bond donors (Lipinski definition) is 2. The molecule has 0 heterocycles. The lowest BCUT2D eigenvalue weighted by Crippen LogP contribution is -2.59. The molecule has 0 amide bonds. The maximum Gasteiger partial charge on any atom is 0.335 e. The summed E-state index contributed by atoms with van der Waals surface area (Å²) in [5.74, 6) is 7.54. The third-order valence-electron chi connectivity index (χ3n) is 9.71. The largest absolute Gasteiger partial charge is 0.478 e. The van der Waals surface area contributed by atoms with Gasteiger partial charge in [0.05, 0.1) is 11.1 Å². The number of rotatable bonds is 5. The minimum atomic E-state index is -1.20. The number of carboxylic acids is 2. The van der Waals surface area contributed by atoms with Gasteiger partial charge in [-0.15, -0.1) is 0 Å². The summed E-state index contributed by atoms with van der Waals surface area (Å²) < 4.78 is 6.13. The number of carboxylic acid groups (broad SMARTS) is 2. The summed E-state index contributed by atoms with van der Waals surface area (Å²) in [5.41, 5.74) is 2.87.